The highest BCUT2D eigenvalue weighted by atomic mass is 16.5. The minimum absolute atomic E-state index is 0.221. The molecule has 23 heavy (non-hydrogen) atoms. The molecule has 0 atom stereocenters. The highest BCUT2D eigenvalue weighted by Crippen LogP contribution is 2.28. The standard InChI is InChI=1S/C17H26N2O4/c1-5-9-23-14-8-7-13(11-15(14)22-6-2)17(21)19-18-16(20)10-12(3)4/h7-8,11-12H,5-6,9-10H2,1-4H3,(H,18,20)(H,19,21). The van der Waals surface area contributed by atoms with Gasteiger partial charge in [-0.1, -0.05) is 20.8 Å². The molecule has 0 radical (unpaired) electrons. The van der Waals surface area contributed by atoms with Gasteiger partial charge in [-0.3, -0.25) is 20.4 Å². The van der Waals surface area contributed by atoms with Gasteiger partial charge in [0.1, 0.15) is 0 Å². The molecular formula is C17H26N2O4. The van der Waals surface area contributed by atoms with E-state index in [9.17, 15) is 9.59 Å². The summed E-state index contributed by atoms with van der Waals surface area (Å²) in [6.45, 7) is 8.80. The number of carbonyl (C=O) groups is 2. The molecule has 0 bridgehead atoms. The van der Waals surface area contributed by atoms with Gasteiger partial charge in [-0.2, -0.15) is 0 Å². The summed E-state index contributed by atoms with van der Waals surface area (Å²) in [7, 11) is 0. The van der Waals surface area contributed by atoms with E-state index in [2.05, 4.69) is 10.9 Å². The molecule has 0 saturated heterocycles. The Labute approximate surface area is 137 Å². The predicted octanol–water partition coefficient (Wildman–Crippen LogP) is 2.68. The number of amides is 2. The van der Waals surface area contributed by atoms with Crippen LogP contribution in [0.4, 0.5) is 0 Å². The molecule has 0 spiro atoms. The number of nitrogens with one attached hydrogen (secondary N) is 2. The molecule has 0 aliphatic heterocycles. The SMILES string of the molecule is CCCOc1ccc(C(=O)NNC(=O)CC(C)C)cc1OCC. The molecule has 0 heterocycles. The fourth-order valence-electron chi connectivity index (χ4n) is 1.87. The number of rotatable bonds is 8. The molecular weight excluding hydrogens is 296 g/mol. The summed E-state index contributed by atoms with van der Waals surface area (Å²) in [6, 6.07) is 4.95. The Morgan fingerprint density at radius 1 is 1.09 bits per heavy atom. The number of hydrogen-bond acceptors (Lipinski definition) is 4. The Bertz CT molecular complexity index is 529. The van der Waals surface area contributed by atoms with Gasteiger partial charge in [-0.25, -0.2) is 0 Å². The number of ether oxygens (including phenoxy) is 2. The quantitative estimate of drug-likeness (QED) is 0.722. The Kier molecular flexibility index (Phi) is 7.94. The van der Waals surface area contributed by atoms with Gasteiger partial charge in [-0.05, 0) is 37.5 Å². The van der Waals surface area contributed by atoms with Gasteiger partial charge < -0.3 is 9.47 Å². The van der Waals surface area contributed by atoms with Crippen LogP contribution in [0.2, 0.25) is 0 Å². The van der Waals surface area contributed by atoms with Gasteiger partial charge in [0.25, 0.3) is 5.91 Å². The third kappa shape index (κ3) is 6.59. The number of benzene rings is 1. The number of carbonyl (C=O) groups excluding carboxylic acids is 2. The summed E-state index contributed by atoms with van der Waals surface area (Å²) in [4.78, 5) is 23.7. The molecule has 0 aliphatic carbocycles. The van der Waals surface area contributed by atoms with E-state index in [1.807, 2.05) is 27.7 Å². The summed E-state index contributed by atoms with van der Waals surface area (Å²) >= 11 is 0. The highest BCUT2D eigenvalue weighted by Gasteiger charge is 2.13. The van der Waals surface area contributed by atoms with Crippen molar-refractivity contribution in [2.24, 2.45) is 5.92 Å². The third-order valence-corrected chi connectivity index (χ3v) is 2.88. The van der Waals surface area contributed by atoms with Crippen LogP contribution >= 0.6 is 0 Å². The zero-order valence-electron chi connectivity index (χ0n) is 14.3. The molecule has 0 saturated carbocycles. The van der Waals surface area contributed by atoms with Crippen LogP contribution in [0.3, 0.4) is 0 Å². The summed E-state index contributed by atoms with van der Waals surface area (Å²) in [6.07, 6.45) is 1.24. The van der Waals surface area contributed by atoms with Crippen LogP contribution in [0.1, 0.15) is 50.9 Å². The van der Waals surface area contributed by atoms with E-state index in [0.29, 0.717) is 36.7 Å². The molecule has 2 amide bonds. The van der Waals surface area contributed by atoms with Crippen molar-refractivity contribution in [1.82, 2.24) is 10.9 Å². The van der Waals surface area contributed by atoms with Crippen LogP contribution in [-0.2, 0) is 4.79 Å². The lowest BCUT2D eigenvalue weighted by Gasteiger charge is -2.13. The first-order valence-electron chi connectivity index (χ1n) is 7.96. The second kappa shape index (κ2) is 9.71. The van der Waals surface area contributed by atoms with Gasteiger partial charge >= 0.3 is 0 Å². The molecule has 0 aliphatic rings. The minimum Gasteiger partial charge on any atom is -0.490 e. The van der Waals surface area contributed by atoms with Gasteiger partial charge in [0.2, 0.25) is 5.91 Å². The molecule has 1 aromatic carbocycles. The van der Waals surface area contributed by atoms with Crippen molar-refractivity contribution in [2.45, 2.75) is 40.5 Å². The molecule has 128 valence electrons. The molecule has 6 heteroatoms. The monoisotopic (exact) mass is 322 g/mol. The zero-order chi connectivity index (χ0) is 17.2. The number of hydrazine groups is 1. The third-order valence-electron chi connectivity index (χ3n) is 2.88. The smallest absolute Gasteiger partial charge is 0.269 e. The van der Waals surface area contributed by atoms with Gasteiger partial charge in [0, 0.05) is 12.0 Å². The Morgan fingerprint density at radius 3 is 2.43 bits per heavy atom. The Morgan fingerprint density at radius 2 is 1.83 bits per heavy atom. The average molecular weight is 322 g/mol. The molecule has 0 aromatic heterocycles. The van der Waals surface area contributed by atoms with Crippen molar-refractivity contribution in [3.8, 4) is 11.5 Å². The fourth-order valence-corrected chi connectivity index (χ4v) is 1.87. The molecule has 0 unspecified atom stereocenters. The maximum Gasteiger partial charge on any atom is 0.269 e. The zero-order valence-corrected chi connectivity index (χ0v) is 14.3. The van der Waals surface area contributed by atoms with E-state index in [4.69, 9.17) is 9.47 Å². The highest BCUT2D eigenvalue weighted by molar-refractivity contribution is 5.96. The lowest BCUT2D eigenvalue weighted by molar-refractivity contribution is -0.122. The van der Waals surface area contributed by atoms with E-state index in [-0.39, 0.29) is 11.8 Å². The predicted molar refractivity (Wildman–Crippen MR) is 88.5 cm³/mol. The lowest BCUT2D eigenvalue weighted by Crippen LogP contribution is -2.42. The Balaban J connectivity index is 2.73. The molecule has 1 rings (SSSR count). The second-order valence-electron chi connectivity index (χ2n) is 5.54. The summed E-state index contributed by atoms with van der Waals surface area (Å²) in [5, 5.41) is 0. The largest absolute Gasteiger partial charge is 0.490 e. The molecule has 0 fully saturated rings. The van der Waals surface area contributed by atoms with E-state index in [0.717, 1.165) is 6.42 Å². The second-order valence-corrected chi connectivity index (χ2v) is 5.54. The average Bonchev–Trinajstić information content (AvgIpc) is 2.51. The van der Waals surface area contributed by atoms with E-state index < -0.39 is 5.91 Å². The van der Waals surface area contributed by atoms with Crippen LogP contribution in [0.15, 0.2) is 18.2 Å². The van der Waals surface area contributed by atoms with Crippen molar-refractivity contribution >= 4 is 11.8 Å². The summed E-state index contributed by atoms with van der Waals surface area (Å²) in [5.41, 5.74) is 5.19. The topological polar surface area (TPSA) is 76.7 Å². The first kappa shape index (κ1) is 18.8. The van der Waals surface area contributed by atoms with Crippen LogP contribution in [-0.4, -0.2) is 25.0 Å². The van der Waals surface area contributed by atoms with Crippen molar-refractivity contribution in [2.75, 3.05) is 13.2 Å². The van der Waals surface area contributed by atoms with E-state index >= 15 is 0 Å². The maximum absolute atomic E-state index is 12.1. The van der Waals surface area contributed by atoms with Gasteiger partial charge in [-0.15, -0.1) is 0 Å². The van der Waals surface area contributed by atoms with Crippen LogP contribution in [0.25, 0.3) is 0 Å². The van der Waals surface area contributed by atoms with Crippen molar-refractivity contribution in [1.29, 1.82) is 0 Å². The lowest BCUT2D eigenvalue weighted by atomic mass is 10.1. The fraction of sp³-hybridized carbons (Fsp3) is 0.529. The Hall–Kier alpha value is -2.24. The van der Waals surface area contributed by atoms with E-state index in [1.54, 1.807) is 18.2 Å². The van der Waals surface area contributed by atoms with E-state index in [1.165, 1.54) is 0 Å². The molecule has 2 N–H and O–H groups in total. The van der Waals surface area contributed by atoms with Crippen molar-refractivity contribution in [3.63, 3.8) is 0 Å². The maximum atomic E-state index is 12.1. The summed E-state index contributed by atoms with van der Waals surface area (Å²) in [5.74, 6) is 0.731. The first-order chi connectivity index (χ1) is 11.0. The molecule has 1 aromatic rings. The van der Waals surface area contributed by atoms with Crippen molar-refractivity contribution in [3.05, 3.63) is 23.8 Å². The van der Waals surface area contributed by atoms with Crippen molar-refractivity contribution < 1.29 is 19.1 Å². The summed E-state index contributed by atoms with van der Waals surface area (Å²) < 4.78 is 11.1. The molecule has 6 nitrogen and oxygen atoms in total. The van der Waals surface area contributed by atoms with Crippen LogP contribution < -0.4 is 20.3 Å². The van der Waals surface area contributed by atoms with Crippen LogP contribution in [0, 0.1) is 5.92 Å². The minimum atomic E-state index is -0.398. The van der Waals surface area contributed by atoms with Gasteiger partial charge in [0.15, 0.2) is 11.5 Å². The van der Waals surface area contributed by atoms with Gasteiger partial charge in [0.05, 0.1) is 13.2 Å². The normalized spacial score (nSPS) is 10.3. The van der Waals surface area contributed by atoms with Crippen LogP contribution in [0.5, 0.6) is 11.5 Å². The number of hydrogen-bond donors (Lipinski definition) is 2. The first-order valence-corrected chi connectivity index (χ1v) is 7.96.